The highest BCUT2D eigenvalue weighted by Gasteiger charge is 2.18. The van der Waals surface area contributed by atoms with E-state index >= 15 is 0 Å². The molecule has 2 heteroatoms. The van der Waals surface area contributed by atoms with Gasteiger partial charge in [-0.2, -0.15) is 0 Å². The van der Waals surface area contributed by atoms with E-state index in [1.807, 2.05) is 0 Å². The van der Waals surface area contributed by atoms with Gasteiger partial charge in [0, 0.05) is 25.3 Å². The Balaban J connectivity index is 2.44. The van der Waals surface area contributed by atoms with E-state index in [9.17, 15) is 0 Å². The molecular formula is C21H32N2. The lowest BCUT2D eigenvalue weighted by Gasteiger charge is -2.32. The Morgan fingerprint density at radius 3 is 2.43 bits per heavy atom. The largest absolute Gasteiger partial charge is 0.367 e. The molecule has 1 aromatic carbocycles. The number of nitrogens with zero attached hydrogens (tertiary/aromatic N) is 2. The van der Waals surface area contributed by atoms with Gasteiger partial charge in [-0.25, -0.2) is 0 Å². The van der Waals surface area contributed by atoms with Crippen molar-refractivity contribution in [3.8, 4) is 0 Å². The monoisotopic (exact) mass is 312 g/mol. The van der Waals surface area contributed by atoms with E-state index in [1.54, 1.807) is 0 Å². The van der Waals surface area contributed by atoms with Gasteiger partial charge in [0.15, 0.2) is 0 Å². The lowest BCUT2D eigenvalue weighted by Crippen LogP contribution is -2.26. The lowest BCUT2D eigenvalue weighted by atomic mass is 9.93. The summed E-state index contributed by atoms with van der Waals surface area (Å²) in [4.78, 5) is 4.75. The number of hydrogen-bond acceptors (Lipinski definition) is 2. The molecule has 0 unspecified atom stereocenters. The number of aryl methyl sites for hydroxylation is 1. The molecule has 0 spiro atoms. The van der Waals surface area contributed by atoms with Crippen LogP contribution in [0.3, 0.4) is 0 Å². The summed E-state index contributed by atoms with van der Waals surface area (Å²) in [6.45, 7) is 12.2. The van der Waals surface area contributed by atoms with Gasteiger partial charge < -0.3 is 9.80 Å². The number of hydrogen-bond donors (Lipinski definition) is 0. The lowest BCUT2D eigenvalue weighted by molar-refractivity contribution is 0.413. The molecule has 0 saturated heterocycles. The van der Waals surface area contributed by atoms with Gasteiger partial charge in [-0.15, -0.1) is 0 Å². The van der Waals surface area contributed by atoms with E-state index < -0.39 is 0 Å². The molecule has 0 radical (unpaired) electrons. The second kappa shape index (κ2) is 7.83. The predicted octanol–water partition coefficient (Wildman–Crippen LogP) is 4.37. The third-order valence-corrected chi connectivity index (χ3v) is 4.95. The minimum Gasteiger partial charge on any atom is -0.367 e. The first-order valence-corrected chi connectivity index (χ1v) is 8.87. The molecule has 2 rings (SSSR count). The highest BCUT2D eigenvalue weighted by atomic mass is 15.1. The predicted molar refractivity (Wildman–Crippen MR) is 102 cm³/mol. The van der Waals surface area contributed by atoms with E-state index in [4.69, 9.17) is 0 Å². The van der Waals surface area contributed by atoms with Crippen LogP contribution in [-0.2, 0) is 12.8 Å². The van der Waals surface area contributed by atoms with Crippen LogP contribution in [0.2, 0.25) is 0 Å². The Labute approximate surface area is 142 Å². The van der Waals surface area contributed by atoms with Gasteiger partial charge in [0.1, 0.15) is 0 Å². The summed E-state index contributed by atoms with van der Waals surface area (Å²) in [7, 11) is 4.30. The van der Waals surface area contributed by atoms with Gasteiger partial charge in [0.2, 0.25) is 0 Å². The summed E-state index contributed by atoms with van der Waals surface area (Å²) in [5.41, 5.74) is 8.62. The Morgan fingerprint density at radius 2 is 1.83 bits per heavy atom. The molecule has 23 heavy (non-hydrogen) atoms. The summed E-state index contributed by atoms with van der Waals surface area (Å²) in [6, 6.07) is 7.09. The molecule has 0 fully saturated rings. The van der Waals surface area contributed by atoms with Crippen molar-refractivity contribution in [2.75, 3.05) is 33.7 Å². The van der Waals surface area contributed by atoms with E-state index in [0.29, 0.717) is 0 Å². The van der Waals surface area contributed by atoms with Gasteiger partial charge in [-0.1, -0.05) is 25.1 Å². The van der Waals surface area contributed by atoms with Crippen LogP contribution in [0.1, 0.15) is 44.4 Å². The van der Waals surface area contributed by atoms with Gasteiger partial charge >= 0.3 is 0 Å². The first kappa shape index (κ1) is 17.8. The van der Waals surface area contributed by atoms with Crippen molar-refractivity contribution in [2.24, 2.45) is 0 Å². The Kier molecular flexibility index (Phi) is 6.06. The Morgan fingerprint density at radius 1 is 1.09 bits per heavy atom. The molecule has 2 nitrogen and oxygen atoms in total. The van der Waals surface area contributed by atoms with E-state index in [0.717, 1.165) is 32.5 Å². The maximum Gasteiger partial charge on any atom is 0.0474 e. The number of benzene rings is 1. The molecule has 1 aliphatic rings. The molecule has 0 saturated carbocycles. The molecule has 1 aromatic rings. The molecule has 1 heterocycles. The molecule has 0 amide bonds. The van der Waals surface area contributed by atoms with E-state index in [1.165, 1.54) is 33.5 Å². The molecule has 1 aliphatic heterocycles. The zero-order valence-corrected chi connectivity index (χ0v) is 15.7. The summed E-state index contributed by atoms with van der Waals surface area (Å²) >= 11 is 0. The first-order valence-electron chi connectivity index (χ1n) is 8.87. The maximum absolute atomic E-state index is 2.49. The van der Waals surface area contributed by atoms with Gasteiger partial charge in [-0.05, 0) is 81.6 Å². The van der Waals surface area contributed by atoms with Crippen molar-refractivity contribution in [3.05, 3.63) is 52.1 Å². The first-order chi connectivity index (χ1) is 11.0. The highest BCUT2D eigenvalue weighted by molar-refractivity contribution is 5.72. The molecule has 0 aromatic heterocycles. The Hall–Kier alpha value is -1.54. The number of allylic oxidation sites excluding steroid dienone is 2. The minimum absolute atomic E-state index is 1.03. The van der Waals surface area contributed by atoms with Crippen molar-refractivity contribution >= 4 is 5.70 Å². The van der Waals surface area contributed by atoms with E-state index in [2.05, 4.69) is 75.9 Å². The van der Waals surface area contributed by atoms with Crippen molar-refractivity contribution in [1.82, 2.24) is 9.80 Å². The van der Waals surface area contributed by atoms with Crippen LogP contribution >= 0.6 is 0 Å². The van der Waals surface area contributed by atoms with Crippen LogP contribution in [0.25, 0.3) is 5.70 Å². The number of rotatable bonds is 6. The third-order valence-electron chi connectivity index (χ3n) is 4.95. The molecular weight excluding hydrogens is 280 g/mol. The summed E-state index contributed by atoms with van der Waals surface area (Å²) in [6.07, 6.45) is 4.57. The zero-order chi connectivity index (χ0) is 17.0. The SMILES string of the molecule is CCc1ccc(C2=C(C)C(C)=CCN2CC)cc1CCN(C)C. The topological polar surface area (TPSA) is 6.48 Å². The van der Waals surface area contributed by atoms with Crippen LogP contribution in [-0.4, -0.2) is 43.5 Å². The zero-order valence-electron chi connectivity index (χ0n) is 15.7. The molecule has 0 atom stereocenters. The van der Waals surface area contributed by atoms with Gasteiger partial charge in [0.25, 0.3) is 0 Å². The minimum atomic E-state index is 1.03. The van der Waals surface area contributed by atoms with Crippen molar-refractivity contribution in [3.63, 3.8) is 0 Å². The Bertz CT molecular complexity index is 608. The molecule has 0 bridgehead atoms. The smallest absolute Gasteiger partial charge is 0.0474 e. The fourth-order valence-corrected chi connectivity index (χ4v) is 3.30. The van der Waals surface area contributed by atoms with Gasteiger partial charge in [0.05, 0.1) is 0 Å². The number of likely N-dealkylation sites (N-methyl/N-ethyl adjacent to an activating group) is 2. The average molecular weight is 313 g/mol. The summed E-state index contributed by atoms with van der Waals surface area (Å²) in [5.74, 6) is 0. The van der Waals surface area contributed by atoms with Gasteiger partial charge in [-0.3, -0.25) is 0 Å². The molecule has 0 N–H and O–H groups in total. The summed E-state index contributed by atoms with van der Waals surface area (Å²) in [5, 5.41) is 0. The van der Waals surface area contributed by atoms with Crippen LogP contribution in [0.5, 0.6) is 0 Å². The third kappa shape index (κ3) is 4.06. The van der Waals surface area contributed by atoms with E-state index in [-0.39, 0.29) is 0 Å². The van der Waals surface area contributed by atoms with Crippen LogP contribution in [0.15, 0.2) is 35.4 Å². The normalized spacial score (nSPS) is 15.4. The van der Waals surface area contributed by atoms with Crippen LogP contribution in [0, 0.1) is 0 Å². The molecule has 126 valence electrons. The van der Waals surface area contributed by atoms with Crippen molar-refractivity contribution < 1.29 is 0 Å². The maximum atomic E-state index is 2.49. The van der Waals surface area contributed by atoms with Crippen molar-refractivity contribution in [1.29, 1.82) is 0 Å². The quantitative estimate of drug-likeness (QED) is 0.770. The summed E-state index contributed by atoms with van der Waals surface area (Å²) < 4.78 is 0. The fraction of sp³-hybridized carbons (Fsp3) is 0.524. The average Bonchev–Trinajstić information content (AvgIpc) is 2.55. The fourth-order valence-electron chi connectivity index (χ4n) is 3.30. The molecule has 0 aliphatic carbocycles. The highest BCUT2D eigenvalue weighted by Crippen LogP contribution is 2.31. The second-order valence-electron chi connectivity index (χ2n) is 6.79. The van der Waals surface area contributed by atoms with Crippen LogP contribution in [0.4, 0.5) is 0 Å². The van der Waals surface area contributed by atoms with Crippen molar-refractivity contribution in [2.45, 2.75) is 40.5 Å². The second-order valence-corrected chi connectivity index (χ2v) is 6.79. The van der Waals surface area contributed by atoms with Crippen LogP contribution < -0.4 is 0 Å². The standard InChI is InChI=1S/C21H32N2/c1-7-18-9-10-20(15-19(18)12-13-22(5)6)21-17(4)16(3)11-14-23(21)8-2/h9-11,15H,7-8,12-14H2,1-6H3.